The lowest BCUT2D eigenvalue weighted by molar-refractivity contribution is -0.117. The molecule has 0 heterocycles. The average molecular weight is 418 g/mol. The fraction of sp³-hybridized carbons (Fsp3) is 0.133. The van der Waals surface area contributed by atoms with Crippen molar-refractivity contribution in [1.82, 2.24) is 4.72 Å². The second-order valence-electron chi connectivity index (χ2n) is 5.36. The summed E-state index contributed by atoms with van der Waals surface area (Å²) < 4.78 is 49.1. The predicted molar refractivity (Wildman–Crippen MR) is 97.7 cm³/mol. The number of hydrogen-bond donors (Lipinski definition) is 3. The molecule has 0 spiro atoms. The molecule has 2 aromatic rings. The first-order chi connectivity index (χ1) is 12.0. The van der Waals surface area contributed by atoms with Gasteiger partial charge in [0, 0.05) is 10.7 Å². The van der Waals surface area contributed by atoms with Crippen molar-refractivity contribution in [2.24, 2.45) is 5.14 Å². The first-order valence-corrected chi connectivity index (χ1v) is 10.6. The molecule has 0 aliphatic rings. The third kappa shape index (κ3) is 5.26. The van der Waals surface area contributed by atoms with Gasteiger partial charge in [-0.25, -0.2) is 22.0 Å². The fourth-order valence-corrected chi connectivity index (χ4v) is 3.79. The van der Waals surface area contributed by atoms with Gasteiger partial charge < -0.3 is 5.32 Å². The van der Waals surface area contributed by atoms with Gasteiger partial charge >= 0.3 is 0 Å². The number of sulfonamides is 2. The molecule has 0 radical (unpaired) electrons. The Labute approximate surface area is 156 Å². The van der Waals surface area contributed by atoms with Gasteiger partial charge in [-0.3, -0.25) is 4.79 Å². The van der Waals surface area contributed by atoms with Gasteiger partial charge in [0.15, 0.2) is 0 Å². The maximum absolute atomic E-state index is 12.3. The van der Waals surface area contributed by atoms with Crippen LogP contribution in [0.25, 0.3) is 0 Å². The highest BCUT2D eigenvalue weighted by Gasteiger charge is 2.22. The van der Waals surface area contributed by atoms with Crippen LogP contribution in [0.3, 0.4) is 0 Å². The Morgan fingerprint density at radius 1 is 0.962 bits per heavy atom. The Bertz CT molecular complexity index is 1000. The van der Waals surface area contributed by atoms with Gasteiger partial charge in [-0.15, -0.1) is 0 Å². The Kier molecular flexibility index (Phi) is 6.04. The van der Waals surface area contributed by atoms with Crippen molar-refractivity contribution in [2.45, 2.75) is 22.8 Å². The van der Waals surface area contributed by atoms with Crippen LogP contribution in [0.1, 0.15) is 6.92 Å². The monoisotopic (exact) mass is 417 g/mol. The Morgan fingerprint density at radius 3 is 1.96 bits per heavy atom. The van der Waals surface area contributed by atoms with Gasteiger partial charge in [-0.1, -0.05) is 11.6 Å². The van der Waals surface area contributed by atoms with Gasteiger partial charge in [0.25, 0.3) is 0 Å². The largest absolute Gasteiger partial charge is 0.325 e. The number of anilines is 1. The lowest BCUT2D eigenvalue weighted by atomic mass is 10.3. The van der Waals surface area contributed by atoms with Crippen molar-refractivity contribution in [3.05, 3.63) is 53.6 Å². The number of rotatable bonds is 6. The number of carbonyl (C=O) groups excluding carboxylic acids is 1. The fourth-order valence-electron chi connectivity index (χ4n) is 1.95. The van der Waals surface area contributed by atoms with Gasteiger partial charge in [-0.05, 0) is 55.5 Å². The quantitative estimate of drug-likeness (QED) is 0.650. The number of benzene rings is 2. The third-order valence-electron chi connectivity index (χ3n) is 3.30. The second kappa shape index (κ2) is 7.72. The van der Waals surface area contributed by atoms with Gasteiger partial charge in [0.05, 0.1) is 15.8 Å². The van der Waals surface area contributed by atoms with E-state index in [0.29, 0.717) is 10.7 Å². The molecule has 26 heavy (non-hydrogen) atoms. The summed E-state index contributed by atoms with van der Waals surface area (Å²) in [4.78, 5) is 12.0. The van der Waals surface area contributed by atoms with Crippen LogP contribution in [0.4, 0.5) is 5.69 Å². The lowest BCUT2D eigenvalue weighted by Gasteiger charge is -2.14. The normalized spacial score (nSPS) is 13.2. The maximum Gasteiger partial charge on any atom is 0.242 e. The van der Waals surface area contributed by atoms with Crippen LogP contribution in [-0.2, 0) is 24.8 Å². The molecule has 2 rings (SSSR count). The van der Waals surface area contributed by atoms with Crippen molar-refractivity contribution < 1.29 is 21.6 Å². The van der Waals surface area contributed by atoms with E-state index in [1.165, 1.54) is 55.5 Å². The van der Waals surface area contributed by atoms with Crippen molar-refractivity contribution >= 4 is 43.2 Å². The Hall–Kier alpha value is -1.98. The molecule has 4 N–H and O–H groups in total. The molecule has 0 saturated heterocycles. The molecule has 0 saturated carbocycles. The summed E-state index contributed by atoms with van der Waals surface area (Å²) in [6, 6.07) is 9.56. The van der Waals surface area contributed by atoms with E-state index in [0.717, 1.165) is 0 Å². The minimum Gasteiger partial charge on any atom is -0.325 e. The molecule has 0 aliphatic carbocycles. The highest BCUT2D eigenvalue weighted by atomic mass is 35.5. The molecule has 0 aliphatic heterocycles. The SMILES string of the molecule is C[C@H](NS(=O)(=O)c1ccc(Cl)cc1)C(=O)Nc1ccc(S(N)(=O)=O)cc1. The summed E-state index contributed by atoms with van der Waals surface area (Å²) >= 11 is 5.72. The van der Waals surface area contributed by atoms with E-state index in [1.807, 2.05) is 0 Å². The highest BCUT2D eigenvalue weighted by Crippen LogP contribution is 2.15. The summed E-state index contributed by atoms with van der Waals surface area (Å²) in [5.74, 6) is -0.620. The smallest absolute Gasteiger partial charge is 0.242 e. The van der Waals surface area contributed by atoms with E-state index in [9.17, 15) is 21.6 Å². The Balaban J connectivity index is 2.06. The summed E-state index contributed by atoms with van der Waals surface area (Å²) in [6.45, 7) is 1.38. The number of nitrogens with one attached hydrogen (secondary N) is 2. The standard InChI is InChI=1S/C15H16ClN3O5S2/c1-10(19-26(23,24)14-6-2-11(16)3-7-14)15(20)18-12-4-8-13(9-5-12)25(17,21)22/h2-10,19H,1H3,(H,18,20)(H2,17,21,22)/t10-/m0/s1. The van der Waals surface area contributed by atoms with E-state index >= 15 is 0 Å². The highest BCUT2D eigenvalue weighted by molar-refractivity contribution is 7.89. The van der Waals surface area contributed by atoms with Crippen molar-refractivity contribution in [2.75, 3.05) is 5.32 Å². The van der Waals surface area contributed by atoms with Crippen LogP contribution in [0.15, 0.2) is 58.3 Å². The van der Waals surface area contributed by atoms with Gasteiger partial charge in [0.2, 0.25) is 26.0 Å². The van der Waals surface area contributed by atoms with E-state index in [2.05, 4.69) is 10.0 Å². The molecule has 140 valence electrons. The van der Waals surface area contributed by atoms with Crippen LogP contribution in [0.2, 0.25) is 5.02 Å². The average Bonchev–Trinajstić information content (AvgIpc) is 2.54. The molecule has 11 heteroatoms. The number of primary sulfonamides is 1. The van der Waals surface area contributed by atoms with Crippen LogP contribution in [0.5, 0.6) is 0 Å². The molecule has 0 unspecified atom stereocenters. The Morgan fingerprint density at radius 2 is 1.46 bits per heavy atom. The van der Waals surface area contributed by atoms with E-state index in [1.54, 1.807) is 0 Å². The van der Waals surface area contributed by atoms with Crippen LogP contribution >= 0.6 is 11.6 Å². The van der Waals surface area contributed by atoms with Crippen molar-refractivity contribution in [3.8, 4) is 0 Å². The number of carbonyl (C=O) groups is 1. The molecular formula is C15H16ClN3O5S2. The molecule has 0 bridgehead atoms. The van der Waals surface area contributed by atoms with Crippen LogP contribution in [-0.4, -0.2) is 28.8 Å². The number of hydrogen-bond acceptors (Lipinski definition) is 5. The number of halogens is 1. The molecular weight excluding hydrogens is 402 g/mol. The van der Waals surface area contributed by atoms with Crippen LogP contribution in [0, 0.1) is 0 Å². The number of nitrogens with two attached hydrogens (primary N) is 1. The zero-order chi connectivity index (χ0) is 19.5. The van der Waals surface area contributed by atoms with Crippen molar-refractivity contribution in [1.29, 1.82) is 0 Å². The topological polar surface area (TPSA) is 135 Å². The first kappa shape index (κ1) is 20.3. The zero-order valence-electron chi connectivity index (χ0n) is 13.5. The summed E-state index contributed by atoms with van der Waals surface area (Å²) in [7, 11) is -7.74. The molecule has 0 aromatic heterocycles. The summed E-state index contributed by atoms with van der Waals surface area (Å²) in [6.07, 6.45) is 0. The molecule has 0 fully saturated rings. The maximum atomic E-state index is 12.3. The first-order valence-electron chi connectivity index (χ1n) is 7.21. The minimum atomic E-state index is -3.90. The second-order valence-corrected chi connectivity index (χ2v) is 9.07. The zero-order valence-corrected chi connectivity index (χ0v) is 15.9. The molecule has 8 nitrogen and oxygen atoms in total. The van der Waals surface area contributed by atoms with E-state index < -0.39 is 32.0 Å². The van der Waals surface area contributed by atoms with E-state index in [4.69, 9.17) is 16.7 Å². The van der Waals surface area contributed by atoms with Gasteiger partial charge in [-0.2, -0.15) is 4.72 Å². The third-order valence-corrected chi connectivity index (χ3v) is 6.04. The lowest BCUT2D eigenvalue weighted by Crippen LogP contribution is -2.41. The van der Waals surface area contributed by atoms with Gasteiger partial charge in [0.1, 0.15) is 0 Å². The molecule has 2 aromatic carbocycles. The van der Waals surface area contributed by atoms with E-state index in [-0.39, 0.29) is 9.79 Å². The number of amides is 1. The van der Waals surface area contributed by atoms with Crippen LogP contribution < -0.4 is 15.2 Å². The minimum absolute atomic E-state index is 0.0287. The summed E-state index contributed by atoms with van der Waals surface area (Å²) in [5.41, 5.74) is 0.292. The molecule has 1 atom stereocenters. The predicted octanol–water partition coefficient (Wildman–Crippen LogP) is 1.29. The summed E-state index contributed by atoms with van der Waals surface area (Å²) in [5, 5.41) is 7.86. The van der Waals surface area contributed by atoms with Crippen molar-refractivity contribution in [3.63, 3.8) is 0 Å². The molecule has 1 amide bonds.